The molecule has 0 aromatic heterocycles. The maximum atomic E-state index is 11.8. The van der Waals surface area contributed by atoms with Crippen LogP contribution in [0, 0.1) is 0 Å². The fourth-order valence-electron chi connectivity index (χ4n) is 2.43. The van der Waals surface area contributed by atoms with Crippen LogP contribution in [0.25, 0.3) is 0 Å². The highest BCUT2D eigenvalue weighted by atomic mass is 16.6. The van der Waals surface area contributed by atoms with Crippen LogP contribution < -0.4 is 0 Å². The summed E-state index contributed by atoms with van der Waals surface area (Å²) in [5.41, 5.74) is 0.213. The van der Waals surface area contributed by atoms with E-state index in [0.29, 0.717) is 26.1 Å². The number of ketones is 1. The molecule has 0 N–H and O–H groups in total. The Morgan fingerprint density at radius 1 is 1.32 bits per heavy atom. The minimum absolute atomic E-state index is 0.0969. The van der Waals surface area contributed by atoms with Crippen molar-refractivity contribution in [2.45, 2.75) is 18.6 Å². The first kappa shape index (κ1) is 12.2. The maximum Gasteiger partial charge on any atom is 0.410 e. The van der Waals surface area contributed by atoms with E-state index in [4.69, 9.17) is 9.47 Å². The van der Waals surface area contributed by atoms with Crippen LogP contribution in [0.4, 0.5) is 4.79 Å². The molecule has 1 spiro atoms. The fraction of sp³-hybridized carbons (Fsp3) is 0.429. The third kappa shape index (κ3) is 2.21. The second-order valence-electron chi connectivity index (χ2n) is 4.91. The van der Waals surface area contributed by atoms with Crippen molar-refractivity contribution in [3.8, 4) is 0 Å². The lowest BCUT2D eigenvalue weighted by Gasteiger charge is -2.44. The highest BCUT2D eigenvalue weighted by Crippen LogP contribution is 2.32. The van der Waals surface area contributed by atoms with Crippen molar-refractivity contribution in [3.63, 3.8) is 0 Å². The summed E-state index contributed by atoms with van der Waals surface area (Å²) in [6.45, 7) is 1.35. The van der Waals surface area contributed by atoms with Crippen molar-refractivity contribution in [3.05, 3.63) is 35.9 Å². The minimum atomic E-state index is -0.730. The van der Waals surface area contributed by atoms with Crippen molar-refractivity contribution >= 4 is 11.9 Å². The summed E-state index contributed by atoms with van der Waals surface area (Å²) in [5, 5.41) is 0. The van der Waals surface area contributed by atoms with E-state index in [0.717, 1.165) is 5.56 Å². The first-order valence-corrected chi connectivity index (χ1v) is 6.32. The molecule has 2 aliphatic heterocycles. The largest absolute Gasteiger partial charge is 0.445 e. The molecule has 0 bridgehead atoms. The topological polar surface area (TPSA) is 55.8 Å². The zero-order valence-corrected chi connectivity index (χ0v) is 10.5. The summed E-state index contributed by atoms with van der Waals surface area (Å²) in [6, 6.07) is 9.50. The molecule has 19 heavy (non-hydrogen) atoms. The summed E-state index contributed by atoms with van der Waals surface area (Å²) >= 11 is 0. The number of hydrogen-bond donors (Lipinski definition) is 0. The minimum Gasteiger partial charge on any atom is -0.445 e. The average Bonchev–Trinajstić information content (AvgIpc) is 2.77. The molecule has 0 unspecified atom stereocenters. The summed E-state index contributed by atoms with van der Waals surface area (Å²) < 4.78 is 10.6. The standard InChI is InChI=1S/C14H15NO4/c16-12-6-7-19-14(12)9-15(10-14)13(17)18-8-11-4-2-1-3-5-11/h1-5H,6-10H2. The molecule has 2 aliphatic rings. The van der Waals surface area contributed by atoms with Crippen LogP contribution in [0.2, 0.25) is 0 Å². The Kier molecular flexibility index (Phi) is 2.98. The summed E-state index contributed by atoms with van der Waals surface area (Å²) in [6.07, 6.45) is 0.0603. The van der Waals surface area contributed by atoms with Crippen LogP contribution in [0.1, 0.15) is 12.0 Å². The number of carbonyl (C=O) groups excluding carboxylic acids is 2. The second kappa shape index (κ2) is 4.66. The highest BCUT2D eigenvalue weighted by molar-refractivity contribution is 5.92. The Hall–Kier alpha value is -1.88. The van der Waals surface area contributed by atoms with Crippen LogP contribution in [0.15, 0.2) is 30.3 Å². The van der Waals surface area contributed by atoms with Crippen molar-refractivity contribution in [2.75, 3.05) is 19.7 Å². The zero-order chi connectivity index (χ0) is 13.3. The molecular weight excluding hydrogens is 246 g/mol. The molecule has 5 nitrogen and oxygen atoms in total. The Morgan fingerprint density at radius 2 is 2.05 bits per heavy atom. The lowest BCUT2D eigenvalue weighted by molar-refractivity contribution is -0.148. The van der Waals surface area contributed by atoms with Gasteiger partial charge in [-0.25, -0.2) is 4.79 Å². The number of carbonyl (C=O) groups is 2. The van der Waals surface area contributed by atoms with Gasteiger partial charge in [0.25, 0.3) is 0 Å². The van der Waals surface area contributed by atoms with Gasteiger partial charge in [-0.3, -0.25) is 4.79 Å². The number of likely N-dealkylation sites (tertiary alicyclic amines) is 1. The molecule has 100 valence electrons. The van der Waals surface area contributed by atoms with Gasteiger partial charge in [-0.15, -0.1) is 0 Å². The van der Waals surface area contributed by atoms with Gasteiger partial charge in [0.1, 0.15) is 6.61 Å². The normalized spacial score (nSPS) is 20.4. The molecule has 1 aromatic rings. The van der Waals surface area contributed by atoms with Crippen LogP contribution in [0.5, 0.6) is 0 Å². The molecule has 1 amide bonds. The van der Waals surface area contributed by atoms with E-state index < -0.39 is 11.7 Å². The van der Waals surface area contributed by atoms with Crippen LogP contribution >= 0.6 is 0 Å². The molecular formula is C14H15NO4. The third-order valence-corrected chi connectivity index (χ3v) is 3.57. The number of Topliss-reactive ketones (excluding diaryl/α,β-unsaturated/α-hetero) is 1. The van der Waals surface area contributed by atoms with Gasteiger partial charge in [-0.2, -0.15) is 0 Å². The summed E-state index contributed by atoms with van der Waals surface area (Å²) in [5.74, 6) is 0.0969. The van der Waals surface area contributed by atoms with Crippen molar-refractivity contribution in [1.82, 2.24) is 4.90 Å². The van der Waals surface area contributed by atoms with Gasteiger partial charge in [0, 0.05) is 6.42 Å². The quantitative estimate of drug-likeness (QED) is 0.806. The number of rotatable bonds is 2. The molecule has 3 rings (SSSR count). The molecule has 2 saturated heterocycles. The highest BCUT2D eigenvalue weighted by Gasteiger charge is 2.54. The molecule has 0 aliphatic carbocycles. The van der Waals surface area contributed by atoms with Gasteiger partial charge in [-0.05, 0) is 5.56 Å². The predicted octanol–water partition coefficient (Wildman–Crippen LogP) is 1.37. The van der Waals surface area contributed by atoms with Gasteiger partial charge < -0.3 is 14.4 Å². The van der Waals surface area contributed by atoms with Crippen molar-refractivity contribution in [1.29, 1.82) is 0 Å². The fourth-order valence-corrected chi connectivity index (χ4v) is 2.43. The number of benzene rings is 1. The van der Waals surface area contributed by atoms with E-state index >= 15 is 0 Å². The lowest BCUT2D eigenvalue weighted by Crippen LogP contribution is -2.66. The van der Waals surface area contributed by atoms with E-state index in [2.05, 4.69) is 0 Å². The van der Waals surface area contributed by atoms with Crippen LogP contribution in [-0.2, 0) is 20.9 Å². The summed E-state index contributed by atoms with van der Waals surface area (Å²) in [7, 11) is 0. The van der Waals surface area contributed by atoms with E-state index in [1.807, 2.05) is 30.3 Å². The van der Waals surface area contributed by atoms with Gasteiger partial charge in [0.05, 0.1) is 19.7 Å². The summed E-state index contributed by atoms with van der Waals surface area (Å²) in [4.78, 5) is 24.9. The first-order chi connectivity index (χ1) is 9.20. The maximum absolute atomic E-state index is 11.8. The average molecular weight is 261 g/mol. The van der Waals surface area contributed by atoms with Gasteiger partial charge in [0.2, 0.25) is 0 Å². The van der Waals surface area contributed by atoms with Crippen molar-refractivity contribution < 1.29 is 19.1 Å². The Morgan fingerprint density at radius 3 is 2.68 bits per heavy atom. The molecule has 0 radical (unpaired) electrons. The van der Waals surface area contributed by atoms with E-state index in [1.165, 1.54) is 4.90 Å². The molecule has 2 fully saturated rings. The number of hydrogen-bond acceptors (Lipinski definition) is 4. The Labute approximate surface area is 111 Å². The van der Waals surface area contributed by atoms with Crippen LogP contribution in [0.3, 0.4) is 0 Å². The third-order valence-electron chi connectivity index (χ3n) is 3.57. The Bertz CT molecular complexity index is 493. The monoisotopic (exact) mass is 261 g/mol. The zero-order valence-electron chi connectivity index (χ0n) is 10.5. The number of nitrogens with zero attached hydrogens (tertiary/aromatic N) is 1. The molecule has 0 atom stereocenters. The van der Waals surface area contributed by atoms with E-state index in [-0.39, 0.29) is 12.4 Å². The smallest absolute Gasteiger partial charge is 0.410 e. The molecule has 1 aromatic carbocycles. The second-order valence-corrected chi connectivity index (χ2v) is 4.91. The Balaban J connectivity index is 1.49. The van der Waals surface area contributed by atoms with Gasteiger partial charge in [-0.1, -0.05) is 30.3 Å². The van der Waals surface area contributed by atoms with Gasteiger partial charge in [0.15, 0.2) is 11.4 Å². The predicted molar refractivity (Wildman–Crippen MR) is 66.5 cm³/mol. The van der Waals surface area contributed by atoms with E-state index in [9.17, 15) is 9.59 Å². The molecule has 2 heterocycles. The molecule has 5 heteroatoms. The SMILES string of the molecule is O=C(OCc1ccccc1)N1CC2(C1)OCCC2=O. The first-order valence-electron chi connectivity index (χ1n) is 6.32. The van der Waals surface area contributed by atoms with Gasteiger partial charge >= 0.3 is 6.09 Å². The number of amides is 1. The van der Waals surface area contributed by atoms with Crippen molar-refractivity contribution in [2.24, 2.45) is 0 Å². The lowest BCUT2D eigenvalue weighted by atomic mass is 9.90. The van der Waals surface area contributed by atoms with E-state index in [1.54, 1.807) is 0 Å². The number of ether oxygens (including phenoxy) is 2. The van der Waals surface area contributed by atoms with Crippen LogP contribution in [-0.4, -0.2) is 42.1 Å². The molecule has 0 saturated carbocycles.